The van der Waals surface area contributed by atoms with E-state index in [2.05, 4.69) is 0 Å². The van der Waals surface area contributed by atoms with Gasteiger partial charge in [-0.1, -0.05) is 29.3 Å². The molecule has 0 amide bonds. The van der Waals surface area contributed by atoms with Crippen molar-refractivity contribution in [3.8, 4) is 11.5 Å². The lowest BCUT2D eigenvalue weighted by Crippen LogP contribution is -2.10. The third-order valence-corrected chi connectivity index (χ3v) is 3.98. The van der Waals surface area contributed by atoms with Crippen LogP contribution in [0.2, 0.25) is 10.0 Å². The summed E-state index contributed by atoms with van der Waals surface area (Å²) in [6.07, 6.45) is 0.657. The third kappa shape index (κ3) is 4.54. The second-order valence-electron chi connectivity index (χ2n) is 4.86. The van der Waals surface area contributed by atoms with Crippen LogP contribution in [-0.4, -0.2) is 25.4 Å². The van der Waals surface area contributed by atoms with E-state index in [1.165, 1.54) is 0 Å². The molecule has 0 spiro atoms. The molecule has 2 aromatic carbocycles. The van der Waals surface area contributed by atoms with Gasteiger partial charge in [-0.15, -0.1) is 0 Å². The Labute approximate surface area is 140 Å². The number of rotatable bonds is 7. The molecule has 1 N–H and O–H groups in total. The van der Waals surface area contributed by atoms with Gasteiger partial charge in [0.05, 0.1) is 20.3 Å². The maximum absolute atomic E-state index is 9.57. The predicted molar refractivity (Wildman–Crippen MR) is 89.4 cm³/mol. The molecule has 0 saturated carbocycles. The fraction of sp³-hybridized carbons (Fsp3) is 0.294. The Morgan fingerprint density at radius 3 is 2.32 bits per heavy atom. The van der Waals surface area contributed by atoms with Crippen LogP contribution in [0.3, 0.4) is 0 Å². The summed E-state index contributed by atoms with van der Waals surface area (Å²) in [5.41, 5.74) is 0.881. The van der Waals surface area contributed by atoms with Crippen LogP contribution in [0.5, 0.6) is 11.5 Å². The molecule has 2 rings (SSSR count). The smallest absolute Gasteiger partial charge is 0.119 e. The van der Waals surface area contributed by atoms with Crippen molar-refractivity contribution in [3.63, 3.8) is 0 Å². The Balaban J connectivity index is 1.93. The zero-order valence-corrected chi connectivity index (χ0v) is 13.8. The second-order valence-corrected chi connectivity index (χ2v) is 5.70. The second kappa shape index (κ2) is 8.28. The van der Waals surface area contributed by atoms with Gasteiger partial charge in [-0.25, -0.2) is 0 Å². The Bertz CT molecular complexity index is 599. The largest absolute Gasteiger partial charge is 0.497 e. The summed E-state index contributed by atoms with van der Waals surface area (Å²) in [4.78, 5) is 0. The first-order valence-corrected chi connectivity index (χ1v) is 7.72. The summed E-state index contributed by atoms with van der Waals surface area (Å²) in [5, 5.41) is 10.7. The Kier molecular flexibility index (Phi) is 6.37. The zero-order valence-electron chi connectivity index (χ0n) is 12.3. The highest BCUT2D eigenvalue weighted by Gasteiger charge is 2.14. The molecular formula is C17H18Cl2O3. The van der Waals surface area contributed by atoms with Gasteiger partial charge in [-0.3, -0.25) is 0 Å². The summed E-state index contributed by atoms with van der Waals surface area (Å²) in [6.45, 7) is 0.490. The quantitative estimate of drug-likeness (QED) is 0.803. The van der Waals surface area contributed by atoms with E-state index in [0.29, 0.717) is 23.1 Å². The highest BCUT2D eigenvalue weighted by atomic mass is 35.5. The minimum Gasteiger partial charge on any atom is -0.497 e. The Morgan fingerprint density at radius 2 is 1.73 bits per heavy atom. The average Bonchev–Trinajstić information content (AvgIpc) is 2.53. The van der Waals surface area contributed by atoms with Gasteiger partial charge in [0.25, 0.3) is 0 Å². The van der Waals surface area contributed by atoms with Gasteiger partial charge >= 0.3 is 0 Å². The van der Waals surface area contributed by atoms with Gasteiger partial charge in [-0.2, -0.15) is 0 Å². The molecule has 3 nitrogen and oxygen atoms in total. The summed E-state index contributed by atoms with van der Waals surface area (Å²) in [7, 11) is 1.62. The standard InChI is InChI=1S/C17H18Cl2O3/c1-21-14-3-5-15(6-4-14)22-9-8-12(11-20)16-7-2-13(18)10-17(16)19/h2-7,10,12,20H,8-9,11H2,1H3/t12-/m1/s1. The lowest BCUT2D eigenvalue weighted by molar-refractivity contribution is 0.229. The van der Waals surface area contributed by atoms with Crippen molar-refractivity contribution >= 4 is 23.2 Å². The number of aliphatic hydroxyl groups is 1. The highest BCUT2D eigenvalue weighted by Crippen LogP contribution is 2.29. The molecule has 2 aromatic rings. The van der Waals surface area contributed by atoms with Gasteiger partial charge in [-0.05, 0) is 48.4 Å². The van der Waals surface area contributed by atoms with E-state index in [0.717, 1.165) is 17.1 Å². The topological polar surface area (TPSA) is 38.7 Å². The van der Waals surface area contributed by atoms with E-state index in [4.69, 9.17) is 32.7 Å². The van der Waals surface area contributed by atoms with Gasteiger partial charge in [0.15, 0.2) is 0 Å². The van der Waals surface area contributed by atoms with Crippen LogP contribution >= 0.6 is 23.2 Å². The number of benzene rings is 2. The first-order valence-electron chi connectivity index (χ1n) is 6.96. The molecule has 0 aliphatic heterocycles. The molecule has 0 aliphatic rings. The lowest BCUT2D eigenvalue weighted by atomic mass is 9.97. The van der Waals surface area contributed by atoms with E-state index in [1.807, 2.05) is 30.3 Å². The van der Waals surface area contributed by atoms with E-state index < -0.39 is 0 Å². The van der Waals surface area contributed by atoms with Crippen molar-refractivity contribution in [3.05, 3.63) is 58.1 Å². The van der Waals surface area contributed by atoms with Gasteiger partial charge in [0.2, 0.25) is 0 Å². The van der Waals surface area contributed by atoms with Gasteiger partial charge in [0.1, 0.15) is 11.5 Å². The van der Waals surface area contributed by atoms with Gasteiger partial charge < -0.3 is 14.6 Å². The first kappa shape index (κ1) is 16.9. The summed E-state index contributed by atoms with van der Waals surface area (Å²) in [6, 6.07) is 12.7. The van der Waals surface area contributed by atoms with E-state index >= 15 is 0 Å². The van der Waals surface area contributed by atoms with Crippen LogP contribution in [0.4, 0.5) is 0 Å². The fourth-order valence-electron chi connectivity index (χ4n) is 2.17. The molecule has 0 aliphatic carbocycles. The van der Waals surface area contributed by atoms with Crippen LogP contribution in [0.1, 0.15) is 17.9 Å². The molecule has 1 atom stereocenters. The first-order chi connectivity index (χ1) is 10.6. The molecule has 5 heteroatoms. The number of hydrogen-bond acceptors (Lipinski definition) is 3. The van der Waals surface area contributed by atoms with Crippen molar-refractivity contribution in [2.75, 3.05) is 20.3 Å². The van der Waals surface area contributed by atoms with Crippen LogP contribution in [-0.2, 0) is 0 Å². The Morgan fingerprint density at radius 1 is 1.05 bits per heavy atom. The molecule has 118 valence electrons. The van der Waals surface area contributed by atoms with E-state index in [9.17, 15) is 5.11 Å². The van der Waals surface area contributed by atoms with Crippen LogP contribution in [0, 0.1) is 0 Å². The van der Waals surface area contributed by atoms with Crippen molar-refractivity contribution < 1.29 is 14.6 Å². The minimum absolute atomic E-state index is 0.00727. The molecule has 0 bridgehead atoms. The summed E-state index contributed by atoms with van der Waals surface area (Å²) < 4.78 is 10.8. The average molecular weight is 341 g/mol. The predicted octanol–water partition coefficient (Wildman–Crippen LogP) is 4.55. The maximum Gasteiger partial charge on any atom is 0.119 e. The molecule has 0 unspecified atom stereocenters. The van der Waals surface area contributed by atoms with Crippen LogP contribution in [0.15, 0.2) is 42.5 Å². The summed E-state index contributed by atoms with van der Waals surface area (Å²) in [5.74, 6) is 1.47. The number of hydrogen-bond donors (Lipinski definition) is 1. The number of methoxy groups -OCH3 is 1. The molecule has 0 radical (unpaired) electrons. The zero-order chi connectivity index (χ0) is 15.9. The monoisotopic (exact) mass is 340 g/mol. The van der Waals surface area contributed by atoms with Crippen LogP contribution < -0.4 is 9.47 Å². The third-order valence-electron chi connectivity index (χ3n) is 3.42. The highest BCUT2D eigenvalue weighted by molar-refractivity contribution is 6.35. The lowest BCUT2D eigenvalue weighted by Gasteiger charge is -2.17. The van der Waals surface area contributed by atoms with Gasteiger partial charge in [0, 0.05) is 16.0 Å². The SMILES string of the molecule is COc1ccc(OCC[C@H](CO)c2ccc(Cl)cc2Cl)cc1. The molecule has 0 fully saturated rings. The van der Waals surface area contributed by atoms with E-state index in [-0.39, 0.29) is 12.5 Å². The van der Waals surface area contributed by atoms with Crippen molar-refractivity contribution in [1.82, 2.24) is 0 Å². The molecule has 0 saturated heterocycles. The molecule has 22 heavy (non-hydrogen) atoms. The molecule has 0 aromatic heterocycles. The number of ether oxygens (including phenoxy) is 2. The molecular weight excluding hydrogens is 323 g/mol. The summed E-state index contributed by atoms with van der Waals surface area (Å²) >= 11 is 12.1. The Hall–Kier alpha value is -1.42. The number of aliphatic hydroxyl groups excluding tert-OH is 1. The normalized spacial score (nSPS) is 12.0. The van der Waals surface area contributed by atoms with Crippen molar-refractivity contribution in [2.24, 2.45) is 0 Å². The fourth-order valence-corrected chi connectivity index (χ4v) is 2.73. The van der Waals surface area contributed by atoms with E-state index in [1.54, 1.807) is 19.2 Å². The maximum atomic E-state index is 9.57. The minimum atomic E-state index is -0.0805. The molecule has 0 heterocycles. The van der Waals surface area contributed by atoms with Crippen LogP contribution in [0.25, 0.3) is 0 Å². The van der Waals surface area contributed by atoms with Crippen molar-refractivity contribution in [2.45, 2.75) is 12.3 Å². The number of halogens is 2. The van der Waals surface area contributed by atoms with Crippen molar-refractivity contribution in [1.29, 1.82) is 0 Å².